The number of nitro benzene ring substituents is 1. The van der Waals surface area contributed by atoms with E-state index in [1.165, 1.54) is 30.3 Å². The maximum atomic E-state index is 12.8. The zero-order chi connectivity index (χ0) is 20.3. The first kappa shape index (κ1) is 19.7. The molecule has 144 valence electrons. The van der Waals surface area contributed by atoms with Crippen LogP contribution in [0.3, 0.4) is 0 Å². The Morgan fingerprint density at radius 1 is 1.04 bits per heavy atom. The number of hydrogen-bond donors (Lipinski definition) is 2. The molecule has 1 aliphatic carbocycles. The summed E-state index contributed by atoms with van der Waals surface area (Å²) in [5.74, 6) is -1.39. The van der Waals surface area contributed by atoms with Crippen molar-refractivity contribution in [3.05, 3.63) is 80.9 Å². The number of aliphatic hydroxyl groups is 1. The van der Waals surface area contributed by atoms with E-state index in [-0.39, 0.29) is 28.1 Å². The number of Topliss-reactive ketones (excluding diaryl/α,β-unsaturated/α-hetero) is 2. The monoisotopic (exact) mass is 400 g/mol. The van der Waals surface area contributed by atoms with Gasteiger partial charge in [0, 0.05) is 29.1 Å². The Morgan fingerprint density at radius 2 is 1.68 bits per heavy atom. The summed E-state index contributed by atoms with van der Waals surface area (Å²) < 4.78 is 0. The highest BCUT2D eigenvalue weighted by atomic mass is 35.5. The van der Waals surface area contributed by atoms with Crippen molar-refractivity contribution in [2.24, 2.45) is 0 Å². The Kier molecular flexibility index (Phi) is 5.87. The number of nitrogens with zero attached hydrogens (tertiary/aromatic N) is 1. The number of carbonyl (C=O) groups is 2. The average molecular weight is 401 g/mol. The number of non-ortho nitro benzene ring substituents is 1. The number of halogens is 1. The highest BCUT2D eigenvalue weighted by Crippen LogP contribution is 2.35. The average Bonchev–Trinajstić information content (AvgIpc) is 2.71. The number of rotatable bonds is 7. The Morgan fingerprint density at radius 3 is 2.29 bits per heavy atom. The largest absolute Gasteiger partial charge is 0.507 e. The molecule has 0 heterocycles. The standard InChI is InChI=1S/C20H17ClN2O5/c21-10-3-11-22-17(12-6-8-13(9-7-12)23(27)28)16-18(24)14-4-1-2-5-15(14)19(25)20(16)26/h1-2,4-9,17,22,24H,3,10-11H2. The van der Waals surface area contributed by atoms with Gasteiger partial charge in [-0.05, 0) is 18.5 Å². The lowest BCUT2D eigenvalue weighted by Crippen LogP contribution is -2.34. The number of fused-ring (bicyclic) bond motifs is 1. The van der Waals surface area contributed by atoms with Gasteiger partial charge in [0.2, 0.25) is 11.6 Å². The lowest BCUT2D eigenvalue weighted by atomic mass is 9.83. The van der Waals surface area contributed by atoms with Crippen LogP contribution < -0.4 is 5.32 Å². The molecule has 2 aromatic rings. The number of aliphatic hydroxyl groups excluding tert-OH is 1. The molecular weight excluding hydrogens is 384 g/mol. The lowest BCUT2D eigenvalue weighted by molar-refractivity contribution is -0.384. The van der Waals surface area contributed by atoms with E-state index in [1.807, 2.05) is 0 Å². The molecule has 28 heavy (non-hydrogen) atoms. The number of ketones is 2. The van der Waals surface area contributed by atoms with Crippen molar-refractivity contribution >= 4 is 34.6 Å². The maximum Gasteiger partial charge on any atom is 0.269 e. The van der Waals surface area contributed by atoms with Gasteiger partial charge in [0.05, 0.1) is 16.5 Å². The zero-order valence-corrected chi connectivity index (χ0v) is 15.5. The van der Waals surface area contributed by atoms with Crippen LogP contribution in [-0.2, 0) is 4.79 Å². The summed E-state index contributed by atoms with van der Waals surface area (Å²) in [6.45, 7) is 0.422. The van der Waals surface area contributed by atoms with E-state index < -0.39 is 22.5 Å². The van der Waals surface area contributed by atoms with E-state index in [1.54, 1.807) is 18.2 Å². The van der Waals surface area contributed by atoms with Gasteiger partial charge in [0.15, 0.2) is 0 Å². The molecule has 0 saturated heterocycles. The fourth-order valence-electron chi connectivity index (χ4n) is 3.14. The number of alkyl halides is 1. The number of nitro groups is 1. The van der Waals surface area contributed by atoms with E-state index in [0.29, 0.717) is 24.4 Å². The topological polar surface area (TPSA) is 110 Å². The van der Waals surface area contributed by atoms with Gasteiger partial charge in [-0.25, -0.2) is 0 Å². The fraction of sp³-hybridized carbons (Fsp3) is 0.200. The third-order valence-electron chi connectivity index (χ3n) is 4.52. The van der Waals surface area contributed by atoms with Crippen LogP contribution in [0.1, 0.15) is 33.9 Å². The molecule has 3 rings (SSSR count). The van der Waals surface area contributed by atoms with E-state index in [9.17, 15) is 24.8 Å². The molecule has 2 aromatic carbocycles. The molecule has 1 unspecified atom stereocenters. The molecule has 0 aliphatic heterocycles. The molecule has 0 saturated carbocycles. The summed E-state index contributed by atoms with van der Waals surface area (Å²) in [6, 6.07) is 11.1. The second-order valence-electron chi connectivity index (χ2n) is 6.24. The molecule has 0 radical (unpaired) electrons. The van der Waals surface area contributed by atoms with E-state index >= 15 is 0 Å². The Balaban J connectivity index is 2.10. The summed E-state index contributed by atoms with van der Waals surface area (Å²) in [5.41, 5.74) is 0.775. The van der Waals surface area contributed by atoms with Crippen LogP contribution in [0.4, 0.5) is 5.69 Å². The predicted octanol–water partition coefficient (Wildman–Crippen LogP) is 3.59. The van der Waals surface area contributed by atoms with Gasteiger partial charge in [0.1, 0.15) is 5.76 Å². The van der Waals surface area contributed by atoms with Gasteiger partial charge >= 0.3 is 0 Å². The lowest BCUT2D eigenvalue weighted by Gasteiger charge is -2.26. The SMILES string of the molecule is O=C1C(=O)c2ccccc2C(O)=C1C(NCCCCl)c1ccc([N+](=O)[O-])cc1. The second kappa shape index (κ2) is 8.33. The maximum absolute atomic E-state index is 12.8. The first-order chi connectivity index (χ1) is 13.5. The second-order valence-corrected chi connectivity index (χ2v) is 6.62. The summed E-state index contributed by atoms with van der Waals surface area (Å²) in [4.78, 5) is 35.7. The molecule has 2 N–H and O–H groups in total. The fourth-order valence-corrected chi connectivity index (χ4v) is 3.27. The minimum Gasteiger partial charge on any atom is -0.507 e. The molecule has 8 heteroatoms. The van der Waals surface area contributed by atoms with E-state index in [0.717, 1.165) is 0 Å². The summed E-state index contributed by atoms with van der Waals surface area (Å²) in [5, 5.41) is 24.8. The van der Waals surface area contributed by atoms with Gasteiger partial charge < -0.3 is 10.4 Å². The first-order valence-corrected chi connectivity index (χ1v) is 9.14. The summed E-state index contributed by atoms with van der Waals surface area (Å²) >= 11 is 5.72. The summed E-state index contributed by atoms with van der Waals surface area (Å²) in [6.07, 6.45) is 0.595. The molecule has 1 atom stereocenters. The van der Waals surface area contributed by atoms with Crippen LogP contribution in [0.25, 0.3) is 5.76 Å². The highest BCUT2D eigenvalue weighted by Gasteiger charge is 2.37. The quantitative estimate of drug-likeness (QED) is 0.241. The van der Waals surface area contributed by atoms with Crippen LogP contribution in [-0.4, -0.2) is 34.0 Å². The first-order valence-electron chi connectivity index (χ1n) is 8.61. The zero-order valence-electron chi connectivity index (χ0n) is 14.7. The Hall–Kier alpha value is -3.03. The van der Waals surface area contributed by atoms with Crippen molar-refractivity contribution in [3.8, 4) is 0 Å². The van der Waals surface area contributed by atoms with Crippen molar-refractivity contribution in [2.75, 3.05) is 12.4 Å². The Labute approximate surface area is 165 Å². The van der Waals surface area contributed by atoms with Crippen molar-refractivity contribution in [1.29, 1.82) is 0 Å². The number of benzene rings is 2. The third kappa shape index (κ3) is 3.67. The smallest absolute Gasteiger partial charge is 0.269 e. The van der Waals surface area contributed by atoms with Crippen molar-refractivity contribution in [2.45, 2.75) is 12.5 Å². The Bertz CT molecular complexity index is 969. The van der Waals surface area contributed by atoms with Gasteiger partial charge in [-0.3, -0.25) is 19.7 Å². The third-order valence-corrected chi connectivity index (χ3v) is 4.78. The molecule has 0 spiro atoms. The predicted molar refractivity (Wildman–Crippen MR) is 105 cm³/mol. The summed E-state index contributed by atoms with van der Waals surface area (Å²) in [7, 11) is 0. The molecule has 0 amide bonds. The number of carbonyl (C=O) groups excluding carboxylic acids is 2. The van der Waals surface area contributed by atoms with E-state index in [4.69, 9.17) is 11.6 Å². The molecule has 1 aliphatic rings. The highest BCUT2D eigenvalue weighted by molar-refractivity contribution is 6.52. The van der Waals surface area contributed by atoms with Gasteiger partial charge in [-0.2, -0.15) is 0 Å². The van der Waals surface area contributed by atoms with Crippen LogP contribution in [0.15, 0.2) is 54.1 Å². The molecule has 0 aromatic heterocycles. The van der Waals surface area contributed by atoms with Crippen molar-refractivity contribution < 1.29 is 19.6 Å². The molecule has 0 bridgehead atoms. The molecular formula is C20H17ClN2O5. The van der Waals surface area contributed by atoms with Gasteiger partial charge in [-0.1, -0.05) is 36.4 Å². The van der Waals surface area contributed by atoms with Gasteiger partial charge in [0.25, 0.3) is 5.69 Å². The number of nitrogens with one attached hydrogen (secondary N) is 1. The molecule has 7 nitrogen and oxygen atoms in total. The van der Waals surface area contributed by atoms with Crippen LogP contribution in [0.2, 0.25) is 0 Å². The van der Waals surface area contributed by atoms with Crippen LogP contribution >= 0.6 is 11.6 Å². The molecule has 0 fully saturated rings. The van der Waals surface area contributed by atoms with E-state index in [2.05, 4.69) is 5.32 Å². The van der Waals surface area contributed by atoms with Crippen LogP contribution in [0.5, 0.6) is 0 Å². The van der Waals surface area contributed by atoms with Crippen molar-refractivity contribution in [3.63, 3.8) is 0 Å². The number of hydrogen-bond acceptors (Lipinski definition) is 6. The van der Waals surface area contributed by atoms with Crippen molar-refractivity contribution in [1.82, 2.24) is 5.32 Å². The van der Waals surface area contributed by atoms with Crippen LogP contribution in [0, 0.1) is 10.1 Å². The normalized spacial score (nSPS) is 14.8. The minimum absolute atomic E-state index is 0.0767. The minimum atomic E-state index is -0.811. The van der Waals surface area contributed by atoms with Gasteiger partial charge in [-0.15, -0.1) is 11.6 Å².